The lowest BCUT2D eigenvalue weighted by Crippen LogP contribution is -2.26. The third kappa shape index (κ3) is 7.06. The molecule has 1 N–H and O–H groups in total. The molecular formula is C13H17Cl2NO2S. The second-order valence-electron chi connectivity index (χ2n) is 3.92. The fraction of sp³-hybridized carbons (Fsp3) is 0.462. The summed E-state index contributed by atoms with van der Waals surface area (Å²) in [5, 5.41) is 4.09. The highest BCUT2D eigenvalue weighted by molar-refractivity contribution is 7.99. The molecule has 0 radical (unpaired) electrons. The zero-order valence-corrected chi connectivity index (χ0v) is 13.1. The summed E-state index contributed by atoms with van der Waals surface area (Å²) in [6.45, 7) is 1.31. The summed E-state index contributed by atoms with van der Waals surface area (Å²) < 4.78 is 4.90. The van der Waals surface area contributed by atoms with Crippen LogP contribution in [0.5, 0.6) is 0 Å². The molecule has 0 aromatic heterocycles. The minimum Gasteiger partial charge on any atom is -0.385 e. The predicted molar refractivity (Wildman–Crippen MR) is 82.1 cm³/mol. The van der Waals surface area contributed by atoms with Crippen molar-refractivity contribution in [3.63, 3.8) is 0 Å². The number of rotatable bonds is 8. The summed E-state index contributed by atoms with van der Waals surface area (Å²) in [5.74, 6) is 1.15. The molecule has 1 amide bonds. The molecule has 19 heavy (non-hydrogen) atoms. The van der Waals surface area contributed by atoms with Gasteiger partial charge in [-0.1, -0.05) is 29.3 Å². The highest BCUT2D eigenvalue weighted by Gasteiger charge is 2.04. The van der Waals surface area contributed by atoms with E-state index < -0.39 is 0 Å². The van der Waals surface area contributed by atoms with Gasteiger partial charge in [0, 0.05) is 36.1 Å². The number of ether oxygens (including phenoxy) is 1. The lowest BCUT2D eigenvalue weighted by atomic mass is 10.2. The van der Waals surface area contributed by atoms with Gasteiger partial charge in [0.05, 0.1) is 5.75 Å². The Kier molecular flexibility index (Phi) is 8.30. The molecule has 0 aliphatic rings. The van der Waals surface area contributed by atoms with Gasteiger partial charge in [-0.05, 0) is 24.1 Å². The van der Waals surface area contributed by atoms with E-state index in [9.17, 15) is 4.79 Å². The lowest BCUT2D eigenvalue weighted by Gasteiger charge is -2.06. The van der Waals surface area contributed by atoms with Crippen molar-refractivity contribution in [2.24, 2.45) is 0 Å². The summed E-state index contributed by atoms with van der Waals surface area (Å²) in [4.78, 5) is 11.5. The molecule has 1 aromatic rings. The van der Waals surface area contributed by atoms with Crippen molar-refractivity contribution < 1.29 is 9.53 Å². The van der Waals surface area contributed by atoms with Crippen molar-refractivity contribution >= 4 is 40.9 Å². The van der Waals surface area contributed by atoms with Gasteiger partial charge < -0.3 is 10.1 Å². The summed E-state index contributed by atoms with van der Waals surface area (Å²) in [7, 11) is 1.65. The van der Waals surface area contributed by atoms with E-state index in [0.717, 1.165) is 12.0 Å². The molecule has 1 rings (SSSR count). The first-order chi connectivity index (χ1) is 9.13. The number of carbonyl (C=O) groups is 1. The van der Waals surface area contributed by atoms with Crippen LogP contribution in [0.2, 0.25) is 10.0 Å². The highest BCUT2D eigenvalue weighted by Crippen LogP contribution is 2.24. The molecule has 0 atom stereocenters. The number of methoxy groups -OCH3 is 1. The third-order valence-electron chi connectivity index (χ3n) is 2.35. The lowest BCUT2D eigenvalue weighted by molar-refractivity contribution is -0.118. The van der Waals surface area contributed by atoms with Crippen molar-refractivity contribution in [2.45, 2.75) is 12.2 Å². The molecule has 6 heteroatoms. The van der Waals surface area contributed by atoms with Crippen LogP contribution >= 0.6 is 35.0 Å². The number of hydrogen-bond acceptors (Lipinski definition) is 3. The Morgan fingerprint density at radius 2 is 2.21 bits per heavy atom. The Balaban J connectivity index is 2.20. The summed E-state index contributed by atoms with van der Waals surface area (Å²) in [6, 6.07) is 5.39. The van der Waals surface area contributed by atoms with Crippen LogP contribution in [0.4, 0.5) is 0 Å². The first-order valence-corrected chi connectivity index (χ1v) is 7.82. The fourth-order valence-corrected chi connectivity index (χ4v) is 2.80. The standard InChI is InChI=1S/C13H17Cl2NO2S/c1-18-6-2-5-16-13(17)9-19-8-10-3-4-11(14)7-12(10)15/h3-4,7H,2,5-6,8-9H2,1H3,(H,16,17). The molecule has 0 saturated heterocycles. The number of halogens is 2. The van der Waals surface area contributed by atoms with Gasteiger partial charge in [0.2, 0.25) is 5.91 Å². The van der Waals surface area contributed by atoms with Crippen molar-refractivity contribution in [1.29, 1.82) is 0 Å². The number of carbonyl (C=O) groups excluding carboxylic acids is 1. The Hall–Kier alpha value is -0.420. The fourth-order valence-electron chi connectivity index (χ4n) is 1.39. The van der Waals surface area contributed by atoms with Crippen LogP contribution in [0.15, 0.2) is 18.2 Å². The summed E-state index contributed by atoms with van der Waals surface area (Å²) in [5.41, 5.74) is 0.989. The van der Waals surface area contributed by atoms with Crippen molar-refractivity contribution in [1.82, 2.24) is 5.32 Å². The molecular weight excluding hydrogens is 305 g/mol. The van der Waals surface area contributed by atoms with E-state index in [1.807, 2.05) is 6.07 Å². The SMILES string of the molecule is COCCCNC(=O)CSCc1ccc(Cl)cc1Cl. The minimum absolute atomic E-state index is 0.0335. The first kappa shape index (κ1) is 16.6. The van der Waals surface area contributed by atoms with Crippen LogP contribution in [0, 0.1) is 0 Å². The smallest absolute Gasteiger partial charge is 0.230 e. The van der Waals surface area contributed by atoms with Gasteiger partial charge in [-0.3, -0.25) is 4.79 Å². The number of benzene rings is 1. The number of thioether (sulfide) groups is 1. The van der Waals surface area contributed by atoms with E-state index in [4.69, 9.17) is 27.9 Å². The van der Waals surface area contributed by atoms with Crippen LogP contribution in [0.3, 0.4) is 0 Å². The molecule has 0 spiro atoms. The minimum atomic E-state index is 0.0335. The van der Waals surface area contributed by atoms with E-state index in [2.05, 4.69) is 5.32 Å². The second kappa shape index (κ2) is 9.48. The van der Waals surface area contributed by atoms with Crippen LogP contribution < -0.4 is 5.32 Å². The molecule has 106 valence electrons. The van der Waals surface area contributed by atoms with Gasteiger partial charge in [-0.25, -0.2) is 0 Å². The van der Waals surface area contributed by atoms with Crippen molar-refractivity contribution in [3.05, 3.63) is 33.8 Å². The zero-order chi connectivity index (χ0) is 14.1. The molecule has 0 heterocycles. The van der Waals surface area contributed by atoms with Gasteiger partial charge in [0.15, 0.2) is 0 Å². The largest absolute Gasteiger partial charge is 0.385 e. The highest BCUT2D eigenvalue weighted by atomic mass is 35.5. The predicted octanol–water partition coefficient (Wildman–Crippen LogP) is 3.38. The van der Waals surface area contributed by atoms with E-state index in [0.29, 0.717) is 34.7 Å². The van der Waals surface area contributed by atoms with Crippen LogP contribution in [-0.4, -0.2) is 31.9 Å². The maximum atomic E-state index is 11.5. The van der Waals surface area contributed by atoms with E-state index in [1.165, 1.54) is 11.8 Å². The van der Waals surface area contributed by atoms with Gasteiger partial charge >= 0.3 is 0 Å². The van der Waals surface area contributed by atoms with Gasteiger partial charge in [0.25, 0.3) is 0 Å². The van der Waals surface area contributed by atoms with Gasteiger partial charge in [0.1, 0.15) is 0 Å². The first-order valence-electron chi connectivity index (χ1n) is 5.91. The van der Waals surface area contributed by atoms with Crippen molar-refractivity contribution in [2.75, 3.05) is 26.0 Å². The molecule has 1 aromatic carbocycles. The van der Waals surface area contributed by atoms with E-state index >= 15 is 0 Å². The van der Waals surface area contributed by atoms with E-state index in [1.54, 1.807) is 19.2 Å². The molecule has 0 unspecified atom stereocenters. The quantitative estimate of drug-likeness (QED) is 0.746. The second-order valence-corrected chi connectivity index (χ2v) is 5.75. The Bertz CT molecular complexity index is 416. The number of hydrogen-bond donors (Lipinski definition) is 1. The average Bonchev–Trinajstić information content (AvgIpc) is 2.37. The topological polar surface area (TPSA) is 38.3 Å². The Morgan fingerprint density at radius 3 is 2.89 bits per heavy atom. The summed E-state index contributed by atoms with van der Waals surface area (Å²) in [6.07, 6.45) is 0.829. The van der Waals surface area contributed by atoms with E-state index in [-0.39, 0.29) is 5.91 Å². The van der Waals surface area contributed by atoms with Crippen LogP contribution in [0.1, 0.15) is 12.0 Å². The molecule has 3 nitrogen and oxygen atoms in total. The molecule has 0 bridgehead atoms. The Morgan fingerprint density at radius 1 is 1.42 bits per heavy atom. The Labute approximate surface area is 128 Å². The molecule has 0 aliphatic carbocycles. The molecule has 0 saturated carbocycles. The maximum absolute atomic E-state index is 11.5. The zero-order valence-electron chi connectivity index (χ0n) is 10.7. The third-order valence-corrected chi connectivity index (χ3v) is 3.92. The van der Waals surface area contributed by atoms with Crippen LogP contribution in [-0.2, 0) is 15.3 Å². The number of amides is 1. The maximum Gasteiger partial charge on any atom is 0.230 e. The molecule has 0 aliphatic heterocycles. The normalized spacial score (nSPS) is 10.5. The van der Waals surface area contributed by atoms with Crippen molar-refractivity contribution in [3.8, 4) is 0 Å². The number of nitrogens with one attached hydrogen (secondary N) is 1. The average molecular weight is 322 g/mol. The van der Waals surface area contributed by atoms with Gasteiger partial charge in [-0.2, -0.15) is 0 Å². The monoisotopic (exact) mass is 321 g/mol. The van der Waals surface area contributed by atoms with Gasteiger partial charge in [-0.15, -0.1) is 11.8 Å². The summed E-state index contributed by atoms with van der Waals surface area (Å²) >= 11 is 13.4. The van der Waals surface area contributed by atoms with Crippen LogP contribution in [0.25, 0.3) is 0 Å². The molecule has 0 fully saturated rings.